The van der Waals surface area contributed by atoms with Crippen LogP contribution in [0.1, 0.15) is 13.8 Å². The molecule has 0 aliphatic rings. The van der Waals surface area contributed by atoms with E-state index >= 15 is 0 Å². The molecule has 0 rings (SSSR count). The molecule has 0 atom stereocenters. The van der Waals surface area contributed by atoms with Crippen molar-refractivity contribution in [2.24, 2.45) is 0 Å². The van der Waals surface area contributed by atoms with Gasteiger partial charge in [0.2, 0.25) is 0 Å². The van der Waals surface area contributed by atoms with Crippen molar-refractivity contribution >= 4 is 20.1 Å². The predicted octanol–water partition coefficient (Wildman–Crippen LogP) is -0.795. The number of carbonyl (C=O) groups is 1. The van der Waals surface area contributed by atoms with Crippen molar-refractivity contribution in [2.45, 2.75) is 18.1 Å². The first-order valence-corrected chi connectivity index (χ1v) is 5.87. The predicted molar refractivity (Wildman–Crippen MR) is 32.6 cm³/mol. The first-order valence-electron chi connectivity index (χ1n) is 2.48. The standard InChI is InChI=1S/C4H9AsO5/c1-4(2,3(6)7)5(8,9)10/h1-2H3,(H,6,7)(H2,8,9,10). The van der Waals surface area contributed by atoms with E-state index in [-0.39, 0.29) is 0 Å². The molecule has 0 bridgehead atoms. The van der Waals surface area contributed by atoms with E-state index in [4.69, 9.17) is 13.3 Å². The number of rotatable bonds is 2. The van der Waals surface area contributed by atoms with Gasteiger partial charge in [-0.05, 0) is 0 Å². The fraction of sp³-hybridized carbons (Fsp3) is 0.750. The second-order valence-electron chi connectivity index (χ2n) is 2.41. The molecule has 0 aliphatic carbocycles. The Morgan fingerprint density at radius 1 is 1.40 bits per heavy atom. The Morgan fingerprint density at radius 3 is 1.70 bits per heavy atom. The quantitative estimate of drug-likeness (QED) is 0.521. The second kappa shape index (κ2) is 2.41. The summed E-state index contributed by atoms with van der Waals surface area (Å²) < 4.78 is 25.6. The van der Waals surface area contributed by atoms with Crippen LogP contribution in [0.5, 0.6) is 0 Å². The Bertz CT molecular complexity index is 190. The third kappa shape index (κ3) is 1.62. The number of hydrogen-bond donors (Lipinski definition) is 3. The average Bonchev–Trinajstić information content (AvgIpc) is 1.62. The average molecular weight is 212 g/mol. The Hall–Kier alpha value is -0.252. The molecule has 6 heteroatoms. The summed E-state index contributed by atoms with van der Waals surface area (Å²) >= 11 is -5.12. The summed E-state index contributed by atoms with van der Waals surface area (Å²) in [6, 6.07) is 0. The molecule has 10 heavy (non-hydrogen) atoms. The zero-order chi connectivity index (χ0) is 8.58. The Kier molecular flexibility index (Phi) is 2.35. The number of aliphatic carboxylic acids is 1. The van der Waals surface area contributed by atoms with Gasteiger partial charge in [0.05, 0.1) is 0 Å². The minimum absolute atomic E-state index is 1.01. The van der Waals surface area contributed by atoms with Gasteiger partial charge < -0.3 is 0 Å². The summed E-state index contributed by atoms with van der Waals surface area (Å²) in [4.78, 5) is 10.2. The van der Waals surface area contributed by atoms with Gasteiger partial charge in [0, 0.05) is 0 Å². The normalized spacial score (nSPS) is 13.2. The Morgan fingerprint density at radius 2 is 1.70 bits per heavy atom. The van der Waals surface area contributed by atoms with Gasteiger partial charge in [-0.15, -0.1) is 0 Å². The van der Waals surface area contributed by atoms with Gasteiger partial charge in [0.15, 0.2) is 0 Å². The van der Waals surface area contributed by atoms with Gasteiger partial charge in [-0.2, -0.15) is 0 Å². The molecule has 0 heterocycles. The van der Waals surface area contributed by atoms with E-state index in [9.17, 15) is 8.53 Å². The van der Waals surface area contributed by atoms with E-state index in [2.05, 4.69) is 0 Å². The van der Waals surface area contributed by atoms with Gasteiger partial charge in [0.25, 0.3) is 0 Å². The summed E-state index contributed by atoms with van der Waals surface area (Å²) in [7, 11) is 0. The molecule has 0 aromatic rings. The molecule has 60 valence electrons. The van der Waals surface area contributed by atoms with Crippen LogP contribution < -0.4 is 0 Å². The molecule has 0 unspecified atom stereocenters. The monoisotopic (exact) mass is 212 g/mol. The van der Waals surface area contributed by atoms with Crippen molar-refractivity contribution in [3.8, 4) is 0 Å². The van der Waals surface area contributed by atoms with Crippen LogP contribution in [0.4, 0.5) is 0 Å². The summed E-state index contributed by atoms with van der Waals surface area (Å²) in [5.74, 6) is -1.47. The van der Waals surface area contributed by atoms with E-state index in [0.29, 0.717) is 0 Å². The molecular formula is C4H9AsO5. The fourth-order valence-corrected chi connectivity index (χ4v) is 0.647. The molecule has 3 N–H and O–H groups in total. The van der Waals surface area contributed by atoms with E-state index in [1.165, 1.54) is 0 Å². The summed E-state index contributed by atoms with van der Waals surface area (Å²) in [6.07, 6.45) is 0. The van der Waals surface area contributed by atoms with Crippen molar-refractivity contribution < 1.29 is 21.8 Å². The van der Waals surface area contributed by atoms with Crippen molar-refractivity contribution in [2.75, 3.05) is 0 Å². The van der Waals surface area contributed by atoms with Crippen LogP contribution in [-0.4, -0.2) is 33.4 Å². The van der Waals surface area contributed by atoms with Crippen molar-refractivity contribution in [1.82, 2.24) is 0 Å². The Balaban J connectivity index is 4.75. The molecule has 0 saturated heterocycles. The summed E-state index contributed by atoms with van der Waals surface area (Å²) in [6.45, 7) is 2.02. The van der Waals surface area contributed by atoms with E-state index in [0.717, 1.165) is 13.8 Å². The maximum absolute atomic E-state index is 10.5. The summed E-state index contributed by atoms with van der Waals surface area (Å²) in [5.41, 5.74) is 0. The molecule has 0 aromatic heterocycles. The SMILES string of the molecule is CC(C)(C(=O)O)[As](=O)(O)O. The molecular weight excluding hydrogens is 203 g/mol. The van der Waals surface area contributed by atoms with Crippen LogP contribution in [0, 0.1) is 0 Å². The maximum atomic E-state index is 10.5. The van der Waals surface area contributed by atoms with Gasteiger partial charge in [-0.25, -0.2) is 0 Å². The van der Waals surface area contributed by atoms with Gasteiger partial charge in [0.1, 0.15) is 0 Å². The first-order chi connectivity index (χ1) is 4.19. The first kappa shape index (κ1) is 9.75. The molecule has 0 aromatic carbocycles. The van der Waals surface area contributed by atoms with Crippen LogP contribution >= 0.6 is 0 Å². The number of hydrogen-bond acceptors (Lipinski definition) is 2. The van der Waals surface area contributed by atoms with Crippen molar-refractivity contribution in [3.63, 3.8) is 0 Å². The molecule has 0 saturated carbocycles. The van der Waals surface area contributed by atoms with E-state index in [1.54, 1.807) is 0 Å². The molecule has 0 amide bonds. The minimum atomic E-state index is -5.12. The fourth-order valence-electron chi connectivity index (χ4n) is 0.125. The van der Waals surface area contributed by atoms with Crippen molar-refractivity contribution in [3.05, 3.63) is 0 Å². The summed E-state index contributed by atoms with van der Waals surface area (Å²) in [5, 5.41) is 8.30. The number of carboxylic acids is 1. The zero-order valence-corrected chi connectivity index (χ0v) is 7.48. The molecule has 5 nitrogen and oxygen atoms in total. The van der Waals surface area contributed by atoms with Crippen molar-refractivity contribution in [1.29, 1.82) is 0 Å². The zero-order valence-electron chi connectivity index (χ0n) is 5.61. The molecule has 0 radical (unpaired) electrons. The van der Waals surface area contributed by atoms with Crippen LogP contribution in [0.2, 0.25) is 4.20 Å². The van der Waals surface area contributed by atoms with Gasteiger partial charge in [-0.3, -0.25) is 0 Å². The van der Waals surface area contributed by atoms with Gasteiger partial charge in [-0.1, -0.05) is 0 Å². The van der Waals surface area contributed by atoms with Crippen LogP contribution in [0.3, 0.4) is 0 Å². The van der Waals surface area contributed by atoms with E-state index < -0.39 is 24.3 Å². The number of carboxylic acid groups (broad SMARTS) is 1. The van der Waals surface area contributed by atoms with E-state index in [1.807, 2.05) is 0 Å². The van der Waals surface area contributed by atoms with Crippen LogP contribution in [0.25, 0.3) is 0 Å². The molecule has 0 fully saturated rings. The molecule has 0 aliphatic heterocycles. The van der Waals surface area contributed by atoms with Crippen LogP contribution in [0.15, 0.2) is 0 Å². The topological polar surface area (TPSA) is 94.8 Å². The van der Waals surface area contributed by atoms with Gasteiger partial charge >= 0.3 is 60.0 Å². The van der Waals surface area contributed by atoms with Crippen LogP contribution in [-0.2, 0) is 8.53 Å². The second-order valence-corrected chi connectivity index (χ2v) is 7.04. The third-order valence-electron chi connectivity index (χ3n) is 1.25. The third-order valence-corrected chi connectivity index (χ3v) is 4.71. The Labute approximate surface area is 60.7 Å². The molecule has 0 spiro atoms.